The number of rotatable bonds is 5. The van der Waals surface area contributed by atoms with Crippen molar-refractivity contribution in [1.29, 1.82) is 0 Å². The van der Waals surface area contributed by atoms with E-state index < -0.39 is 15.9 Å². The van der Waals surface area contributed by atoms with Gasteiger partial charge in [-0.15, -0.1) is 0 Å². The molecule has 1 saturated heterocycles. The van der Waals surface area contributed by atoms with Crippen molar-refractivity contribution in [3.63, 3.8) is 0 Å². The van der Waals surface area contributed by atoms with Gasteiger partial charge in [0.05, 0.1) is 15.5 Å². The Morgan fingerprint density at radius 1 is 1.15 bits per heavy atom. The molecule has 0 saturated carbocycles. The summed E-state index contributed by atoms with van der Waals surface area (Å²) in [7, 11) is -3.59. The van der Waals surface area contributed by atoms with Gasteiger partial charge in [0.2, 0.25) is 10.0 Å². The molecule has 1 amide bonds. The zero-order chi connectivity index (χ0) is 18.7. The Bertz CT molecular complexity index is 922. The molecule has 1 aliphatic rings. The molecule has 3 rings (SSSR count). The summed E-state index contributed by atoms with van der Waals surface area (Å²) >= 11 is 6.14. The predicted octanol–water partition coefficient (Wildman–Crippen LogP) is 3.36. The van der Waals surface area contributed by atoms with E-state index in [1.807, 2.05) is 31.2 Å². The Balaban J connectivity index is 1.79. The molecule has 5 nitrogen and oxygen atoms in total. The normalized spacial score (nSPS) is 15.2. The van der Waals surface area contributed by atoms with Crippen molar-refractivity contribution in [3.8, 4) is 0 Å². The van der Waals surface area contributed by atoms with E-state index >= 15 is 0 Å². The minimum absolute atomic E-state index is 0.101. The second kappa shape index (κ2) is 7.78. The van der Waals surface area contributed by atoms with Crippen LogP contribution in [0, 0.1) is 6.92 Å². The number of nitrogens with one attached hydrogen (secondary N) is 1. The van der Waals surface area contributed by atoms with E-state index in [0.717, 1.165) is 24.0 Å². The van der Waals surface area contributed by atoms with E-state index in [9.17, 15) is 13.2 Å². The maximum absolute atomic E-state index is 12.7. The van der Waals surface area contributed by atoms with Gasteiger partial charge in [-0.2, -0.15) is 4.31 Å². The highest BCUT2D eigenvalue weighted by molar-refractivity contribution is 7.89. The fourth-order valence-electron chi connectivity index (χ4n) is 3.02. The average Bonchev–Trinajstić information content (AvgIpc) is 3.15. The van der Waals surface area contributed by atoms with E-state index in [2.05, 4.69) is 5.32 Å². The molecule has 1 N–H and O–H groups in total. The fraction of sp³-hybridized carbons (Fsp3) is 0.316. The molecular formula is C19H21ClN2O3S. The third-order valence-electron chi connectivity index (χ3n) is 4.42. The number of nitrogens with zero attached hydrogens (tertiary/aromatic N) is 1. The van der Waals surface area contributed by atoms with Crippen molar-refractivity contribution in [3.05, 3.63) is 64.2 Å². The fourth-order valence-corrected chi connectivity index (χ4v) is 4.76. The van der Waals surface area contributed by atoms with Crippen LogP contribution in [-0.4, -0.2) is 31.7 Å². The molecule has 0 aromatic heterocycles. The van der Waals surface area contributed by atoms with E-state index in [1.165, 1.54) is 22.5 Å². The summed E-state index contributed by atoms with van der Waals surface area (Å²) in [5.74, 6) is -0.394. The first-order chi connectivity index (χ1) is 12.4. The highest BCUT2D eigenvalue weighted by Crippen LogP contribution is 2.25. The Kier molecular flexibility index (Phi) is 5.65. The average molecular weight is 393 g/mol. The number of carbonyl (C=O) groups excluding carboxylic acids is 1. The van der Waals surface area contributed by atoms with Crippen LogP contribution in [0.15, 0.2) is 47.4 Å². The lowest BCUT2D eigenvalue weighted by Gasteiger charge is -2.16. The smallest absolute Gasteiger partial charge is 0.253 e. The highest BCUT2D eigenvalue weighted by Gasteiger charge is 2.28. The maximum Gasteiger partial charge on any atom is 0.253 e. The van der Waals surface area contributed by atoms with Gasteiger partial charge >= 0.3 is 0 Å². The number of amides is 1. The molecule has 0 aliphatic carbocycles. The first-order valence-corrected chi connectivity index (χ1v) is 10.3. The molecule has 7 heteroatoms. The second-order valence-electron chi connectivity index (χ2n) is 6.42. The molecule has 26 heavy (non-hydrogen) atoms. The van der Waals surface area contributed by atoms with Gasteiger partial charge < -0.3 is 5.32 Å². The lowest BCUT2D eigenvalue weighted by Crippen LogP contribution is -2.28. The molecule has 2 aromatic rings. The Hall–Kier alpha value is -1.89. The van der Waals surface area contributed by atoms with E-state index in [0.29, 0.717) is 19.6 Å². The van der Waals surface area contributed by atoms with Gasteiger partial charge in [-0.1, -0.05) is 41.4 Å². The topological polar surface area (TPSA) is 66.5 Å². The highest BCUT2D eigenvalue weighted by atomic mass is 35.5. The number of sulfonamides is 1. The van der Waals surface area contributed by atoms with Gasteiger partial charge in [-0.05, 0) is 43.5 Å². The largest absolute Gasteiger partial charge is 0.348 e. The molecule has 0 unspecified atom stereocenters. The monoisotopic (exact) mass is 392 g/mol. The Morgan fingerprint density at radius 3 is 2.58 bits per heavy atom. The summed E-state index contributed by atoms with van der Waals surface area (Å²) in [6.45, 7) is 3.36. The van der Waals surface area contributed by atoms with Crippen LogP contribution in [0.1, 0.15) is 34.3 Å². The molecule has 0 radical (unpaired) electrons. The zero-order valence-electron chi connectivity index (χ0n) is 14.5. The van der Waals surface area contributed by atoms with Gasteiger partial charge in [-0.25, -0.2) is 8.42 Å². The SMILES string of the molecule is Cc1cccc(CNC(=O)c2cc(S(=O)(=O)N3CCCC3)ccc2Cl)c1. The first-order valence-electron chi connectivity index (χ1n) is 8.51. The Morgan fingerprint density at radius 2 is 1.88 bits per heavy atom. The number of carbonyl (C=O) groups is 1. The van der Waals surface area contributed by atoms with Gasteiger partial charge in [0.1, 0.15) is 0 Å². The molecule has 1 heterocycles. The third kappa shape index (κ3) is 4.09. The summed E-state index contributed by atoms with van der Waals surface area (Å²) < 4.78 is 26.8. The van der Waals surface area contributed by atoms with Crippen molar-refractivity contribution in [2.24, 2.45) is 0 Å². The van der Waals surface area contributed by atoms with Crippen LogP contribution >= 0.6 is 11.6 Å². The minimum atomic E-state index is -3.59. The summed E-state index contributed by atoms with van der Waals surface area (Å²) in [4.78, 5) is 12.6. The third-order valence-corrected chi connectivity index (χ3v) is 6.65. The van der Waals surface area contributed by atoms with E-state index in [4.69, 9.17) is 11.6 Å². The molecule has 0 bridgehead atoms. The lowest BCUT2D eigenvalue weighted by molar-refractivity contribution is 0.0951. The lowest BCUT2D eigenvalue weighted by atomic mass is 10.1. The molecule has 138 valence electrons. The van der Waals surface area contributed by atoms with Crippen LogP contribution in [0.3, 0.4) is 0 Å². The maximum atomic E-state index is 12.7. The summed E-state index contributed by atoms with van der Waals surface area (Å²) in [5, 5.41) is 3.03. The van der Waals surface area contributed by atoms with Crippen molar-refractivity contribution in [2.75, 3.05) is 13.1 Å². The van der Waals surface area contributed by atoms with Crippen LogP contribution in [0.2, 0.25) is 5.02 Å². The molecule has 0 atom stereocenters. The van der Waals surface area contributed by atoms with Gasteiger partial charge in [0.25, 0.3) is 5.91 Å². The summed E-state index contributed by atoms with van der Waals surface area (Å²) in [6, 6.07) is 12.1. The van der Waals surface area contributed by atoms with E-state index in [-0.39, 0.29) is 15.5 Å². The molecule has 2 aromatic carbocycles. The summed E-state index contributed by atoms with van der Waals surface area (Å²) in [6.07, 6.45) is 1.72. The number of benzene rings is 2. The van der Waals surface area contributed by atoms with Crippen LogP contribution in [0.4, 0.5) is 0 Å². The molecular weight excluding hydrogens is 372 g/mol. The van der Waals surface area contributed by atoms with Gasteiger partial charge in [0.15, 0.2) is 0 Å². The van der Waals surface area contributed by atoms with Crippen LogP contribution in [0.5, 0.6) is 0 Å². The number of hydrogen-bond acceptors (Lipinski definition) is 3. The van der Waals surface area contributed by atoms with Gasteiger partial charge in [0, 0.05) is 19.6 Å². The van der Waals surface area contributed by atoms with Crippen molar-refractivity contribution in [1.82, 2.24) is 9.62 Å². The van der Waals surface area contributed by atoms with Gasteiger partial charge in [-0.3, -0.25) is 4.79 Å². The predicted molar refractivity (Wildman–Crippen MR) is 102 cm³/mol. The van der Waals surface area contributed by atoms with Crippen molar-refractivity contribution >= 4 is 27.5 Å². The number of halogens is 1. The summed E-state index contributed by atoms with van der Waals surface area (Å²) in [5.41, 5.74) is 2.24. The van der Waals surface area contributed by atoms with Crippen LogP contribution < -0.4 is 5.32 Å². The minimum Gasteiger partial charge on any atom is -0.348 e. The molecule has 1 aliphatic heterocycles. The standard InChI is InChI=1S/C19H21ClN2O3S/c1-14-5-4-6-15(11-14)13-21-19(23)17-12-16(7-8-18(17)20)26(24,25)22-9-2-3-10-22/h4-8,11-12H,2-3,9-10,13H2,1H3,(H,21,23). The molecule has 1 fully saturated rings. The van der Waals surface area contributed by atoms with Crippen LogP contribution in [-0.2, 0) is 16.6 Å². The second-order valence-corrected chi connectivity index (χ2v) is 8.77. The van der Waals surface area contributed by atoms with Crippen molar-refractivity contribution in [2.45, 2.75) is 31.2 Å². The number of hydrogen-bond donors (Lipinski definition) is 1. The van der Waals surface area contributed by atoms with Crippen LogP contribution in [0.25, 0.3) is 0 Å². The van der Waals surface area contributed by atoms with E-state index in [1.54, 1.807) is 0 Å². The number of aryl methyl sites for hydroxylation is 1. The quantitative estimate of drug-likeness (QED) is 0.848. The molecule has 0 spiro atoms. The Labute approximate surface area is 159 Å². The zero-order valence-corrected chi connectivity index (χ0v) is 16.1. The first kappa shape index (κ1) is 18.9. The van der Waals surface area contributed by atoms with Crippen molar-refractivity contribution < 1.29 is 13.2 Å².